The number of esters is 1. The van der Waals surface area contributed by atoms with Crippen molar-refractivity contribution in [2.75, 3.05) is 0 Å². The normalized spacial score (nSPS) is 11.3. The molecule has 0 atom stereocenters. The number of alkyl halides is 2. The van der Waals surface area contributed by atoms with E-state index in [0.717, 1.165) is 13.0 Å². The number of ether oxygens (including phenoxy) is 1. The number of aromatic nitrogens is 2. The average Bonchev–Trinajstić information content (AvgIpc) is 2.47. The molecule has 1 N–H and O–H groups in total. The Morgan fingerprint density at radius 1 is 1.27 bits per heavy atom. The summed E-state index contributed by atoms with van der Waals surface area (Å²) in [6.07, 6.45) is -3.70. The number of benzene rings is 1. The Hall–Kier alpha value is -2.55. The van der Waals surface area contributed by atoms with Crippen molar-refractivity contribution in [2.45, 2.75) is 33.3 Å². The fraction of sp³-hybridized carbons (Fsp3) is 0.312. The minimum Gasteiger partial charge on any atom is -0.459 e. The number of H-pyrrole nitrogens is 1. The van der Waals surface area contributed by atoms with Crippen LogP contribution in [-0.4, -0.2) is 21.6 Å². The number of hydrogen-bond acceptors (Lipinski definition) is 4. The molecule has 1 aromatic heterocycles. The number of aryl methyl sites for hydroxylation is 1. The third kappa shape index (κ3) is 3.67. The van der Waals surface area contributed by atoms with Crippen LogP contribution in [0.3, 0.4) is 0 Å². The van der Waals surface area contributed by atoms with Crippen molar-refractivity contribution >= 4 is 17.6 Å². The fourth-order valence-electron chi connectivity index (χ4n) is 2.28. The van der Waals surface area contributed by atoms with Gasteiger partial charge in [0.05, 0.1) is 22.4 Å². The highest BCUT2D eigenvalue weighted by Crippen LogP contribution is 2.24. The summed E-state index contributed by atoms with van der Waals surface area (Å²) < 4.78 is 45.7. The van der Waals surface area contributed by atoms with E-state index in [9.17, 15) is 27.6 Å². The molecule has 0 unspecified atom stereocenters. The monoisotopic (exact) mass is 390 g/mol. The van der Waals surface area contributed by atoms with Crippen LogP contribution in [0.15, 0.2) is 21.7 Å². The van der Waals surface area contributed by atoms with Crippen LogP contribution < -0.4 is 11.2 Å². The van der Waals surface area contributed by atoms with Gasteiger partial charge in [-0.25, -0.2) is 27.3 Å². The third-order valence-corrected chi connectivity index (χ3v) is 3.71. The fourth-order valence-corrected chi connectivity index (χ4v) is 2.50. The first-order valence-corrected chi connectivity index (χ1v) is 7.76. The highest BCUT2D eigenvalue weighted by Gasteiger charge is 2.24. The molecule has 0 saturated carbocycles. The van der Waals surface area contributed by atoms with Crippen LogP contribution in [0.2, 0.25) is 5.02 Å². The maximum absolute atomic E-state index is 14.3. The minimum atomic E-state index is -3.19. The number of halogens is 4. The third-order valence-electron chi connectivity index (χ3n) is 3.39. The molecule has 10 heteroatoms. The van der Waals surface area contributed by atoms with E-state index in [0.29, 0.717) is 6.07 Å². The van der Waals surface area contributed by atoms with E-state index < -0.39 is 46.8 Å². The Kier molecular flexibility index (Phi) is 5.60. The van der Waals surface area contributed by atoms with E-state index in [-0.39, 0.29) is 20.8 Å². The number of aromatic amines is 1. The average molecular weight is 391 g/mol. The molecule has 0 saturated heterocycles. The second kappa shape index (κ2) is 7.36. The Balaban J connectivity index is 2.78. The van der Waals surface area contributed by atoms with E-state index in [1.165, 1.54) is 0 Å². The lowest BCUT2D eigenvalue weighted by molar-refractivity contribution is 0.0378. The van der Waals surface area contributed by atoms with Crippen LogP contribution in [0.5, 0.6) is 0 Å². The van der Waals surface area contributed by atoms with Crippen LogP contribution in [0, 0.1) is 12.7 Å². The van der Waals surface area contributed by atoms with Crippen molar-refractivity contribution in [2.24, 2.45) is 0 Å². The minimum absolute atomic E-state index is 0.187. The van der Waals surface area contributed by atoms with E-state index in [1.807, 2.05) is 0 Å². The summed E-state index contributed by atoms with van der Waals surface area (Å²) in [6, 6.07) is 1.51. The number of rotatable bonds is 4. The van der Waals surface area contributed by atoms with Gasteiger partial charge in [-0.2, -0.15) is 0 Å². The molecule has 140 valence electrons. The summed E-state index contributed by atoms with van der Waals surface area (Å²) in [7, 11) is 0. The maximum atomic E-state index is 14.3. The zero-order valence-electron chi connectivity index (χ0n) is 13.9. The molecule has 2 aromatic rings. The van der Waals surface area contributed by atoms with Crippen LogP contribution >= 0.6 is 11.6 Å². The first kappa shape index (κ1) is 19.8. The van der Waals surface area contributed by atoms with Gasteiger partial charge in [-0.15, -0.1) is 0 Å². The van der Waals surface area contributed by atoms with Crippen LogP contribution in [-0.2, 0) is 4.74 Å². The van der Waals surface area contributed by atoms with Gasteiger partial charge in [-0.3, -0.25) is 4.79 Å². The second-order valence-corrected chi connectivity index (χ2v) is 6.05. The van der Waals surface area contributed by atoms with Gasteiger partial charge in [0.15, 0.2) is 0 Å². The molecule has 0 spiro atoms. The van der Waals surface area contributed by atoms with Gasteiger partial charge in [0.1, 0.15) is 11.4 Å². The zero-order valence-corrected chi connectivity index (χ0v) is 14.7. The Bertz CT molecular complexity index is 983. The molecule has 1 heterocycles. The van der Waals surface area contributed by atoms with Crippen LogP contribution in [0.4, 0.5) is 13.2 Å². The van der Waals surface area contributed by atoms with Gasteiger partial charge in [-0.1, -0.05) is 11.6 Å². The maximum Gasteiger partial charge on any atom is 0.339 e. The predicted molar refractivity (Wildman–Crippen MR) is 87.9 cm³/mol. The van der Waals surface area contributed by atoms with Gasteiger partial charge in [0.2, 0.25) is 0 Å². The van der Waals surface area contributed by atoms with E-state index >= 15 is 0 Å². The molecular formula is C16H14ClF3N2O4. The first-order chi connectivity index (χ1) is 12.0. The summed E-state index contributed by atoms with van der Waals surface area (Å²) in [5.74, 6) is -2.07. The van der Waals surface area contributed by atoms with Crippen molar-refractivity contribution in [3.63, 3.8) is 0 Å². The zero-order chi connectivity index (χ0) is 19.8. The largest absolute Gasteiger partial charge is 0.459 e. The van der Waals surface area contributed by atoms with Gasteiger partial charge >= 0.3 is 11.7 Å². The highest BCUT2D eigenvalue weighted by molar-refractivity contribution is 6.33. The molecule has 6 nitrogen and oxygen atoms in total. The number of nitrogens with zero attached hydrogens (tertiary/aromatic N) is 1. The van der Waals surface area contributed by atoms with Crippen molar-refractivity contribution in [3.8, 4) is 5.69 Å². The van der Waals surface area contributed by atoms with Crippen molar-refractivity contribution in [1.29, 1.82) is 0 Å². The molecule has 0 aliphatic rings. The highest BCUT2D eigenvalue weighted by atomic mass is 35.5. The predicted octanol–water partition coefficient (Wildman–Crippen LogP) is 3.13. The van der Waals surface area contributed by atoms with Gasteiger partial charge in [0.25, 0.3) is 12.0 Å². The quantitative estimate of drug-likeness (QED) is 0.813. The Morgan fingerprint density at radius 3 is 2.42 bits per heavy atom. The SMILES string of the molecule is Cc1[nH]c(=O)n(-c2cc(C(=O)OC(C)C)c(Cl)cc2F)c(=O)c1C(F)F. The molecular weight excluding hydrogens is 377 g/mol. The number of hydrogen-bond donors (Lipinski definition) is 1. The number of nitrogens with one attached hydrogen (secondary N) is 1. The molecule has 0 amide bonds. The topological polar surface area (TPSA) is 81.2 Å². The molecule has 0 fully saturated rings. The Morgan fingerprint density at radius 2 is 1.88 bits per heavy atom. The molecule has 0 aliphatic carbocycles. The number of carbonyl (C=O) groups excluding carboxylic acids is 1. The van der Waals surface area contributed by atoms with E-state index in [4.69, 9.17) is 16.3 Å². The molecule has 26 heavy (non-hydrogen) atoms. The molecule has 1 aromatic carbocycles. The lowest BCUT2D eigenvalue weighted by atomic mass is 10.1. The van der Waals surface area contributed by atoms with Gasteiger partial charge in [-0.05, 0) is 32.9 Å². The van der Waals surface area contributed by atoms with Crippen LogP contribution in [0.1, 0.15) is 41.9 Å². The standard InChI is InChI=1S/C16H14ClF3N2O4/c1-6(2)26-15(24)8-4-11(10(18)5-9(8)17)22-14(23)12(13(19)20)7(3)21-16(22)25/h4-6,13H,1-3H3,(H,21,25). The van der Waals surface area contributed by atoms with Crippen molar-refractivity contribution in [3.05, 3.63) is 60.6 Å². The van der Waals surface area contributed by atoms with Crippen molar-refractivity contribution < 1.29 is 22.7 Å². The summed E-state index contributed by atoms with van der Waals surface area (Å²) in [6.45, 7) is 4.26. The lowest BCUT2D eigenvalue weighted by Gasteiger charge is -2.13. The summed E-state index contributed by atoms with van der Waals surface area (Å²) >= 11 is 5.82. The smallest absolute Gasteiger partial charge is 0.339 e. The van der Waals surface area contributed by atoms with E-state index in [2.05, 4.69) is 4.98 Å². The molecule has 0 bridgehead atoms. The summed E-state index contributed by atoms with van der Waals surface area (Å²) in [5.41, 5.74) is -4.86. The number of carbonyl (C=O) groups is 1. The first-order valence-electron chi connectivity index (χ1n) is 7.39. The molecule has 0 radical (unpaired) electrons. The van der Waals surface area contributed by atoms with Crippen LogP contribution in [0.25, 0.3) is 5.69 Å². The summed E-state index contributed by atoms with van der Waals surface area (Å²) in [4.78, 5) is 38.5. The Labute approximate surface area is 150 Å². The van der Waals surface area contributed by atoms with Crippen molar-refractivity contribution in [1.82, 2.24) is 9.55 Å². The summed E-state index contributed by atoms with van der Waals surface area (Å²) in [5, 5.41) is -0.317. The van der Waals surface area contributed by atoms with Gasteiger partial charge < -0.3 is 9.72 Å². The van der Waals surface area contributed by atoms with E-state index in [1.54, 1.807) is 13.8 Å². The molecule has 2 rings (SSSR count). The second-order valence-electron chi connectivity index (χ2n) is 5.65. The molecule has 0 aliphatic heterocycles. The van der Waals surface area contributed by atoms with Gasteiger partial charge in [0, 0.05) is 5.69 Å². The lowest BCUT2D eigenvalue weighted by Crippen LogP contribution is -2.37.